The molecule has 0 fully saturated rings. The first-order chi connectivity index (χ1) is 10.2. The van der Waals surface area contributed by atoms with Gasteiger partial charge in [0.2, 0.25) is 0 Å². The lowest BCUT2D eigenvalue weighted by Gasteiger charge is -2.05. The highest BCUT2D eigenvalue weighted by Crippen LogP contribution is 2.20. The SMILES string of the molecule is COc1ccc(Cn2nc(C(=O)O)c3ccccc32)cc1. The number of carboxylic acids is 1. The standard InChI is InChI=1S/C16H14N2O3/c1-21-12-8-6-11(7-9-12)10-18-14-5-3-2-4-13(14)15(17-18)16(19)20/h2-9H,10H2,1H3,(H,19,20). The van der Waals surface area contributed by atoms with E-state index in [1.165, 1.54) is 0 Å². The van der Waals surface area contributed by atoms with E-state index >= 15 is 0 Å². The lowest BCUT2D eigenvalue weighted by Crippen LogP contribution is -2.04. The molecule has 0 aliphatic heterocycles. The highest BCUT2D eigenvalue weighted by Gasteiger charge is 2.15. The van der Waals surface area contributed by atoms with E-state index in [4.69, 9.17) is 4.74 Å². The number of aromatic carboxylic acids is 1. The van der Waals surface area contributed by atoms with Crippen molar-refractivity contribution < 1.29 is 14.6 Å². The van der Waals surface area contributed by atoms with E-state index in [0.717, 1.165) is 16.8 Å². The van der Waals surface area contributed by atoms with E-state index in [0.29, 0.717) is 11.9 Å². The van der Waals surface area contributed by atoms with Crippen LogP contribution in [0.5, 0.6) is 5.75 Å². The van der Waals surface area contributed by atoms with Gasteiger partial charge >= 0.3 is 5.97 Å². The molecule has 0 radical (unpaired) electrons. The average molecular weight is 282 g/mol. The number of rotatable bonds is 4. The Bertz CT molecular complexity index is 791. The predicted molar refractivity (Wildman–Crippen MR) is 78.8 cm³/mol. The van der Waals surface area contributed by atoms with Gasteiger partial charge < -0.3 is 9.84 Å². The minimum atomic E-state index is -1.01. The summed E-state index contributed by atoms with van der Waals surface area (Å²) in [5, 5.41) is 14.1. The molecular weight excluding hydrogens is 268 g/mol. The summed E-state index contributed by atoms with van der Waals surface area (Å²) < 4.78 is 6.83. The van der Waals surface area contributed by atoms with Crippen LogP contribution in [-0.2, 0) is 6.54 Å². The van der Waals surface area contributed by atoms with Crippen molar-refractivity contribution in [2.75, 3.05) is 7.11 Å². The predicted octanol–water partition coefficient (Wildman–Crippen LogP) is 2.79. The highest BCUT2D eigenvalue weighted by atomic mass is 16.5. The fraction of sp³-hybridized carbons (Fsp3) is 0.125. The molecule has 106 valence electrons. The molecule has 0 atom stereocenters. The topological polar surface area (TPSA) is 64.4 Å². The maximum atomic E-state index is 11.3. The average Bonchev–Trinajstić information content (AvgIpc) is 2.87. The van der Waals surface area contributed by atoms with Crippen LogP contribution in [0, 0.1) is 0 Å². The molecule has 1 heterocycles. The van der Waals surface area contributed by atoms with Gasteiger partial charge in [0, 0.05) is 5.39 Å². The maximum absolute atomic E-state index is 11.3. The van der Waals surface area contributed by atoms with Crippen LogP contribution in [0.15, 0.2) is 48.5 Å². The molecule has 0 bridgehead atoms. The summed E-state index contributed by atoms with van der Waals surface area (Å²) in [5.41, 5.74) is 1.92. The minimum absolute atomic E-state index is 0.0825. The highest BCUT2D eigenvalue weighted by molar-refractivity contribution is 6.01. The minimum Gasteiger partial charge on any atom is -0.497 e. The van der Waals surface area contributed by atoms with E-state index in [1.807, 2.05) is 42.5 Å². The number of nitrogens with zero attached hydrogens (tertiary/aromatic N) is 2. The number of fused-ring (bicyclic) bond motifs is 1. The maximum Gasteiger partial charge on any atom is 0.357 e. The molecule has 3 rings (SSSR count). The van der Waals surface area contributed by atoms with Crippen molar-refractivity contribution >= 4 is 16.9 Å². The van der Waals surface area contributed by atoms with Crippen LogP contribution in [0.25, 0.3) is 10.9 Å². The second-order valence-corrected chi connectivity index (χ2v) is 4.68. The van der Waals surface area contributed by atoms with E-state index in [9.17, 15) is 9.90 Å². The summed E-state index contributed by atoms with van der Waals surface area (Å²) in [6.45, 7) is 0.512. The van der Waals surface area contributed by atoms with Crippen LogP contribution >= 0.6 is 0 Å². The van der Waals surface area contributed by atoms with Gasteiger partial charge in [0.05, 0.1) is 19.2 Å². The molecule has 0 aliphatic carbocycles. The third kappa shape index (κ3) is 2.45. The quantitative estimate of drug-likeness (QED) is 0.799. The van der Waals surface area contributed by atoms with Crippen LogP contribution in [-0.4, -0.2) is 28.0 Å². The van der Waals surface area contributed by atoms with Crippen molar-refractivity contribution in [3.63, 3.8) is 0 Å². The van der Waals surface area contributed by atoms with Gasteiger partial charge in [-0.1, -0.05) is 30.3 Å². The lowest BCUT2D eigenvalue weighted by molar-refractivity contribution is 0.0691. The van der Waals surface area contributed by atoms with E-state index < -0.39 is 5.97 Å². The molecule has 1 N–H and O–H groups in total. The van der Waals surface area contributed by atoms with Crippen molar-refractivity contribution in [1.29, 1.82) is 0 Å². The fourth-order valence-corrected chi connectivity index (χ4v) is 2.31. The summed E-state index contributed by atoms with van der Waals surface area (Å²) in [6.07, 6.45) is 0. The Balaban J connectivity index is 2.01. The van der Waals surface area contributed by atoms with E-state index in [2.05, 4.69) is 5.10 Å². The Hall–Kier alpha value is -2.82. The number of hydrogen-bond donors (Lipinski definition) is 1. The molecule has 5 nitrogen and oxygen atoms in total. The molecule has 1 aromatic heterocycles. The molecule has 5 heteroatoms. The number of hydrogen-bond acceptors (Lipinski definition) is 3. The normalized spacial score (nSPS) is 10.7. The third-order valence-electron chi connectivity index (χ3n) is 3.35. The van der Waals surface area contributed by atoms with Gasteiger partial charge in [-0.15, -0.1) is 0 Å². The van der Waals surface area contributed by atoms with Gasteiger partial charge in [-0.3, -0.25) is 4.68 Å². The van der Waals surface area contributed by atoms with E-state index in [-0.39, 0.29) is 5.69 Å². The Morgan fingerprint density at radius 1 is 1.19 bits per heavy atom. The monoisotopic (exact) mass is 282 g/mol. The molecule has 2 aromatic carbocycles. The molecule has 0 aliphatic rings. The summed E-state index contributed by atoms with van der Waals surface area (Å²) in [6, 6.07) is 15.0. The summed E-state index contributed by atoms with van der Waals surface area (Å²) in [5.74, 6) is -0.227. The number of carboxylic acid groups (broad SMARTS) is 1. The zero-order valence-corrected chi connectivity index (χ0v) is 11.5. The molecule has 0 saturated carbocycles. The summed E-state index contributed by atoms with van der Waals surface area (Å²) in [7, 11) is 1.62. The third-order valence-corrected chi connectivity index (χ3v) is 3.35. The Morgan fingerprint density at radius 3 is 2.57 bits per heavy atom. The van der Waals surface area contributed by atoms with Crippen LogP contribution in [0.2, 0.25) is 0 Å². The molecule has 0 unspecified atom stereocenters. The number of benzene rings is 2. The Labute approximate surface area is 121 Å². The number of aromatic nitrogens is 2. The number of carbonyl (C=O) groups is 1. The van der Waals surface area contributed by atoms with Gasteiger partial charge in [0.25, 0.3) is 0 Å². The zero-order chi connectivity index (χ0) is 14.8. The van der Waals surface area contributed by atoms with Crippen molar-refractivity contribution in [3.8, 4) is 5.75 Å². The van der Waals surface area contributed by atoms with Crippen molar-refractivity contribution in [3.05, 3.63) is 59.8 Å². The Morgan fingerprint density at radius 2 is 1.90 bits per heavy atom. The van der Waals surface area contributed by atoms with Crippen LogP contribution in [0.4, 0.5) is 0 Å². The van der Waals surface area contributed by atoms with Crippen molar-refractivity contribution in [2.24, 2.45) is 0 Å². The number of para-hydroxylation sites is 1. The lowest BCUT2D eigenvalue weighted by atomic mass is 10.2. The van der Waals surface area contributed by atoms with E-state index in [1.54, 1.807) is 17.9 Å². The molecule has 3 aromatic rings. The second-order valence-electron chi connectivity index (χ2n) is 4.68. The van der Waals surface area contributed by atoms with Gasteiger partial charge in [-0.25, -0.2) is 4.79 Å². The first-order valence-electron chi connectivity index (χ1n) is 6.51. The number of ether oxygens (including phenoxy) is 1. The molecule has 0 amide bonds. The van der Waals surface area contributed by atoms with Gasteiger partial charge in [-0.2, -0.15) is 5.10 Å². The van der Waals surface area contributed by atoms with Crippen molar-refractivity contribution in [2.45, 2.75) is 6.54 Å². The summed E-state index contributed by atoms with van der Waals surface area (Å²) >= 11 is 0. The van der Waals surface area contributed by atoms with Crippen LogP contribution < -0.4 is 4.74 Å². The van der Waals surface area contributed by atoms with Crippen LogP contribution in [0.1, 0.15) is 16.1 Å². The smallest absolute Gasteiger partial charge is 0.357 e. The second kappa shape index (κ2) is 5.28. The number of methoxy groups -OCH3 is 1. The van der Waals surface area contributed by atoms with Gasteiger partial charge in [0.15, 0.2) is 5.69 Å². The molecule has 0 spiro atoms. The summed E-state index contributed by atoms with van der Waals surface area (Å²) in [4.78, 5) is 11.3. The molecule has 0 saturated heterocycles. The van der Waals surface area contributed by atoms with Crippen molar-refractivity contribution in [1.82, 2.24) is 9.78 Å². The molecular formula is C16H14N2O3. The first kappa shape index (κ1) is 13.2. The van der Waals surface area contributed by atoms with Crippen LogP contribution in [0.3, 0.4) is 0 Å². The fourth-order valence-electron chi connectivity index (χ4n) is 2.31. The Kier molecular flexibility index (Phi) is 3.31. The zero-order valence-electron chi connectivity index (χ0n) is 11.5. The van der Waals surface area contributed by atoms with Gasteiger partial charge in [0.1, 0.15) is 5.75 Å². The largest absolute Gasteiger partial charge is 0.497 e. The molecule has 21 heavy (non-hydrogen) atoms. The van der Waals surface area contributed by atoms with Gasteiger partial charge in [-0.05, 0) is 23.8 Å². The first-order valence-corrected chi connectivity index (χ1v) is 6.51.